The van der Waals surface area contributed by atoms with Gasteiger partial charge in [-0.15, -0.1) is 0 Å². The van der Waals surface area contributed by atoms with Gasteiger partial charge in [0.15, 0.2) is 17.6 Å². The van der Waals surface area contributed by atoms with Gasteiger partial charge in [-0.05, 0) is 43.5 Å². The number of rotatable bonds is 5. The highest BCUT2D eigenvalue weighted by atomic mass is 16.7. The van der Waals surface area contributed by atoms with Gasteiger partial charge < -0.3 is 19.5 Å². The molecule has 1 heterocycles. The minimum absolute atomic E-state index is 0.207. The fourth-order valence-corrected chi connectivity index (χ4v) is 1.99. The highest BCUT2D eigenvalue weighted by Gasteiger charge is 2.26. The van der Waals surface area contributed by atoms with Gasteiger partial charge in [-0.25, -0.2) is 4.79 Å². The summed E-state index contributed by atoms with van der Waals surface area (Å²) in [5, 5.41) is 2.79. The molecular weight excluding hydrogens is 286 g/mol. The molecule has 22 heavy (non-hydrogen) atoms. The van der Waals surface area contributed by atoms with Gasteiger partial charge in [-0.3, -0.25) is 4.79 Å². The summed E-state index contributed by atoms with van der Waals surface area (Å²) in [6.45, 7) is 1.77. The third kappa shape index (κ3) is 3.58. The van der Waals surface area contributed by atoms with Gasteiger partial charge in [0.2, 0.25) is 6.79 Å². The summed E-state index contributed by atoms with van der Waals surface area (Å²) in [5.74, 6) is 0.515. The Kier molecular flexibility index (Phi) is 4.00. The van der Waals surface area contributed by atoms with Crippen molar-refractivity contribution in [3.63, 3.8) is 0 Å². The van der Waals surface area contributed by atoms with Crippen LogP contribution in [0.25, 0.3) is 6.08 Å². The Hall–Kier alpha value is -2.50. The van der Waals surface area contributed by atoms with E-state index < -0.39 is 12.1 Å². The molecular formula is C16H17NO5. The highest BCUT2D eigenvalue weighted by Crippen LogP contribution is 2.32. The molecule has 116 valence electrons. The monoisotopic (exact) mass is 303 g/mol. The summed E-state index contributed by atoms with van der Waals surface area (Å²) in [7, 11) is 0. The molecule has 6 nitrogen and oxygen atoms in total. The molecule has 1 fully saturated rings. The number of fused-ring (bicyclic) bond motifs is 1. The van der Waals surface area contributed by atoms with Gasteiger partial charge >= 0.3 is 5.97 Å². The van der Waals surface area contributed by atoms with E-state index in [1.165, 1.54) is 6.08 Å². The summed E-state index contributed by atoms with van der Waals surface area (Å²) in [5.41, 5.74) is 0.788. The number of nitrogens with one attached hydrogen (secondary N) is 1. The van der Waals surface area contributed by atoms with E-state index in [1.807, 2.05) is 0 Å². The van der Waals surface area contributed by atoms with Crippen molar-refractivity contribution in [1.29, 1.82) is 0 Å². The maximum absolute atomic E-state index is 11.7. The lowest BCUT2D eigenvalue weighted by Gasteiger charge is -2.11. The van der Waals surface area contributed by atoms with E-state index in [0.717, 1.165) is 18.4 Å². The fraction of sp³-hybridized carbons (Fsp3) is 0.375. The van der Waals surface area contributed by atoms with Crippen LogP contribution in [0.15, 0.2) is 24.3 Å². The van der Waals surface area contributed by atoms with Crippen LogP contribution < -0.4 is 14.8 Å². The van der Waals surface area contributed by atoms with Gasteiger partial charge in [0.1, 0.15) is 0 Å². The maximum Gasteiger partial charge on any atom is 0.331 e. The number of carbonyl (C=O) groups excluding carboxylic acids is 2. The summed E-state index contributed by atoms with van der Waals surface area (Å²) < 4.78 is 15.5. The Labute approximate surface area is 128 Å². The zero-order valence-corrected chi connectivity index (χ0v) is 12.2. The Bertz CT molecular complexity index is 621. The van der Waals surface area contributed by atoms with E-state index >= 15 is 0 Å². The Morgan fingerprint density at radius 3 is 2.86 bits per heavy atom. The number of amides is 1. The maximum atomic E-state index is 11.7. The zero-order chi connectivity index (χ0) is 15.5. The van der Waals surface area contributed by atoms with Crippen molar-refractivity contribution < 1.29 is 23.8 Å². The highest BCUT2D eigenvalue weighted by molar-refractivity contribution is 5.90. The molecule has 1 atom stereocenters. The van der Waals surface area contributed by atoms with Gasteiger partial charge in [-0.2, -0.15) is 0 Å². The summed E-state index contributed by atoms with van der Waals surface area (Å²) in [4.78, 5) is 23.4. The molecule has 0 bridgehead atoms. The molecule has 0 spiro atoms. The third-order valence-corrected chi connectivity index (χ3v) is 3.39. The molecule has 1 saturated carbocycles. The first-order valence-electron chi connectivity index (χ1n) is 7.20. The molecule has 1 aromatic carbocycles. The van der Waals surface area contributed by atoms with Crippen LogP contribution >= 0.6 is 0 Å². The van der Waals surface area contributed by atoms with Crippen molar-refractivity contribution in [1.82, 2.24) is 5.32 Å². The molecule has 1 aliphatic heterocycles. The fourth-order valence-electron chi connectivity index (χ4n) is 1.99. The topological polar surface area (TPSA) is 73.9 Å². The Balaban J connectivity index is 1.53. The molecule has 1 amide bonds. The van der Waals surface area contributed by atoms with Crippen LogP contribution in [0.5, 0.6) is 11.5 Å². The lowest BCUT2D eigenvalue weighted by Crippen LogP contribution is -2.36. The lowest BCUT2D eigenvalue weighted by atomic mass is 10.2. The van der Waals surface area contributed by atoms with Crippen molar-refractivity contribution in [2.45, 2.75) is 31.9 Å². The smallest absolute Gasteiger partial charge is 0.331 e. The molecule has 0 aromatic heterocycles. The molecule has 1 aromatic rings. The molecule has 0 radical (unpaired) electrons. The van der Waals surface area contributed by atoms with Gasteiger partial charge in [0, 0.05) is 12.1 Å². The van der Waals surface area contributed by atoms with Crippen molar-refractivity contribution >= 4 is 18.0 Å². The second-order valence-electron chi connectivity index (χ2n) is 5.31. The summed E-state index contributed by atoms with van der Waals surface area (Å²) in [6, 6.07) is 5.60. The molecule has 6 heteroatoms. The molecule has 2 aliphatic rings. The summed E-state index contributed by atoms with van der Waals surface area (Å²) >= 11 is 0. The largest absolute Gasteiger partial charge is 0.454 e. The van der Waals surface area contributed by atoms with Crippen LogP contribution in [0.1, 0.15) is 25.3 Å². The van der Waals surface area contributed by atoms with Crippen molar-refractivity contribution in [3.8, 4) is 11.5 Å². The van der Waals surface area contributed by atoms with E-state index in [1.54, 1.807) is 31.2 Å². The van der Waals surface area contributed by atoms with E-state index in [9.17, 15) is 9.59 Å². The normalized spacial score (nSPS) is 17.3. The number of esters is 1. The minimum atomic E-state index is -0.797. The quantitative estimate of drug-likeness (QED) is 0.661. The minimum Gasteiger partial charge on any atom is -0.454 e. The predicted molar refractivity (Wildman–Crippen MR) is 78.3 cm³/mol. The predicted octanol–water partition coefficient (Wildman–Crippen LogP) is 1.64. The van der Waals surface area contributed by atoms with E-state index in [-0.39, 0.29) is 18.7 Å². The molecule has 0 saturated heterocycles. The van der Waals surface area contributed by atoms with Crippen LogP contribution in [-0.2, 0) is 14.3 Å². The first kappa shape index (κ1) is 14.4. The first-order valence-corrected chi connectivity index (χ1v) is 7.20. The van der Waals surface area contributed by atoms with Crippen LogP contribution in [0, 0.1) is 0 Å². The molecule has 0 unspecified atom stereocenters. The van der Waals surface area contributed by atoms with Crippen molar-refractivity contribution in [2.75, 3.05) is 6.79 Å². The average Bonchev–Trinajstić information content (AvgIpc) is 3.19. The third-order valence-electron chi connectivity index (χ3n) is 3.39. The van der Waals surface area contributed by atoms with E-state index in [0.29, 0.717) is 11.5 Å². The number of benzene rings is 1. The van der Waals surface area contributed by atoms with Gasteiger partial charge in [-0.1, -0.05) is 6.07 Å². The average molecular weight is 303 g/mol. The second-order valence-corrected chi connectivity index (χ2v) is 5.31. The van der Waals surface area contributed by atoms with Gasteiger partial charge in [0.05, 0.1) is 0 Å². The number of carbonyl (C=O) groups is 2. The first-order chi connectivity index (χ1) is 10.6. The van der Waals surface area contributed by atoms with Crippen LogP contribution in [0.4, 0.5) is 0 Å². The molecule has 1 N–H and O–H groups in total. The van der Waals surface area contributed by atoms with Gasteiger partial charge in [0.25, 0.3) is 5.91 Å². The lowest BCUT2D eigenvalue weighted by molar-refractivity contribution is -0.150. The number of ether oxygens (including phenoxy) is 3. The van der Waals surface area contributed by atoms with Crippen LogP contribution in [0.2, 0.25) is 0 Å². The Morgan fingerprint density at radius 2 is 2.09 bits per heavy atom. The number of hydrogen-bond donors (Lipinski definition) is 1. The van der Waals surface area contributed by atoms with Crippen LogP contribution in [-0.4, -0.2) is 30.8 Å². The Morgan fingerprint density at radius 1 is 1.32 bits per heavy atom. The van der Waals surface area contributed by atoms with E-state index in [4.69, 9.17) is 14.2 Å². The van der Waals surface area contributed by atoms with Crippen LogP contribution in [0.3, 0.4) is 0 Å². The van der Waals surface area contributed by atoms with Crippen molar-refractivity contribution in [3.05, 3.63) is 29.8 Å². The standard InChI is InChI=1S/C16H17NO5/c1-10(16(19)17-12-4-5-12)22-15(18)7-3-11-2-6-13-14(8-11)21-9-20-13/h2-3,6-8,10,12H,4-5,9H2,1H3,(H,17,19)/b7-3-/t10-/m1/s1. The van der Waals surface area contributed by atoms with Crippen molar-refractivity contribution in [2.24, 2.45) is 0 Å². The van der Waals surface area contributed by atoms with E-state index in [2.05, 4.69) is 5.32 Å². The molecule has 1 aliphatic carbocycles. The molecule has 3 rings (SSSR count). The zero-order valence-electron chi connectivity index (χ0n) is 12.2. The number of hydrogen-bond acceptors (Lipinski definition) is 5. The second kappa shape index (κ2) is 6.09. The SMILES string of the molecule is C[C@@H](OC(=O)/C=C\c1ccc2c(c1)OCO2)C(=O)NC1CC1. The summed E-state index contributed by atoms with van der Waals surface area (Å²) in [6.07, 6.45) is 4.09.